The summed E-state index contributed by atoms with van der Waals surface area (Å²) in [4.78, 5) is 1.92. The van der Waals surface area contributed by atoms with E-state index in [1.54, 1.807) is 0 Å². The van der Waals surface area contributed by atoms with Gasteiger partial charge in [0.05, 0.1) is 12.3 Å². The van der Waals surface area contributed by atoms with Gasteiger partial charge in [0, 0.05) is 31.4 Å². The van der Waals surface area contributed by atoms with Crippen LogP contribution in [0, 0.1) is 5.82 Å². The van der Waals surface area contributed by atoms with Crippen LogP contribution in [0.3, 0.4) is 0 Å². The predicted molar refractivity (Wildman–Crippen MR) is 79.5 cm³/mol. The number of benzene rings is 1. The molecule has 1 N–H and O–H groups in total. The zero-order valence-corrected chi connectivity index (χ0v) is 12.5. The Labute approximate surface area is 115 Å². The third-order valence-corrected chi connectivity index (χ3v) is 3.09. The second-order valence-electron chi connectivity index (χ2n) is 5.08. The number of ether oxygens (including phenoxy) is 1. The van der Waals surface area contributed by atoms with Crippen molar-refractivity contribution in [3.63, 3.8) is 0 Å². The van der Waals surface area contributed by atoms with Crippen molar-refractivity contribution in [3.8, 4) is 0 Å². The molecule has 4 heteroatoms. The van der Waals surface area contributed by atoms with E-state index in [1.807, 2.05) is 51.8 Å². The third kappa shape index (κ3) is 4.71. The zero-order chi connectivity index (χ0) is 14.4. The van der Waals surface area contributed by atoms with E-state index >= 15 is 0 Å². The quantitative estimate of drug-likeness (QED) is 0.819. The van der Waals surface area contributed by atoms with Gasteiger partial charge in [-0.15, -0.1) is 0 Å². The van der Waals surface area contributed by atoms with Gasteiger partial charge in [-0.3, -0.25) is 0 Å². The molecule has 0 fully saturated rings. The Bertz CT molecular complexity index is 396. The maximum atomic E-state index is 14.1. The molecule has 0 saturated carbocycles. The van der Waals surface area contributed by atoms with Crippen molar-refractivity contribution in [2.24, 2.45) is 0 Å². The van der Waals surface area contributed by atoms with E-state index < -0.39 is 0 Å². The van der Waals surface area contributed by atoms with Gasteiger partial charge in [-0.05, 0) is 45.9 Å². The molecular weight excluding hydrogens is 243 g/mol. The minimum Gasteiger partial charge on any atom is -0.380 e. The van der Waals surface area contributed by atoms with Crippen molar-refractivity contribution in [2.75, 3.05) is 30.5 Å². The van der Waals surface area contributed by atoms with Crippen LogP contribution in [0.25, 0.3) is 0 Å². The first-order chi connectivity index (χ1) is 8.95. The van der Waals surface area contributed by atoms with Gasteiger partial charge in [-0.1, -0.05) is 0 Å². The summed E-state index contributed by atoms with van der Waals surface area (Å²) in [6, 6.07) is 5.68. The second-order valence-corrected chi connectivity index (χ2v) is 5.08. The highest BCUT2D eigenvalue weighted by molar-refractivity contribution is 5.56. The molecule has 0 spiro atoms. The van der Waals surface area contributed by atoms with Gasteiger partial charge in [0.25, 0.3) is 0 Å². The van der Waals surface area contributed by atoms with E-state index in [1.165, 1.54) is 6.07 Å². The summed E-state index contributed by atoms with van der Waals surface area (Å²) >= 11 is 0. The van der Waals surface area contributed by atoms with Crippen molar-refractivity contribution in [3.05, 3.63) is 24.0 Å². The van der Waals surface area contributed by atoms with Crippen LogP contribution in [-0.4, -0.2) is 32.3 Å². The summed E-state index contributed by atoms with van der Waals surface area (Å²) in [6.45, 7) is 9.36. The summed E-state index contributed by atoms with van der Waals surface area (Å²) in [7, 11) is 1.90. The summed E-state index contributed by atoms with van der Waals surface area (Å²) < 4.78 is 19.4. The Morgan fingerprint density at radius 3 is 2.53 bits per heavy atom. The van der Waals surface area contributed by atoms with Crippen molar-refractivity contribution >= 4 is 11.4 Å². The Morgan fingerprint density at radius 2 is 2.00 bits per heavy atom. The molecule has 1 rings (SSSR count). The lowest BCUT2D eigenvalue weighted by Gasteiger charge is -2.25. The van der Waals surface area contributed by atoms with Crippen molar-refractivity contribution in [2.45, 2.75) is 39.8 Å². The first-order valence-electron chi connectivity index (χ1n) is 6.82. The highest BCUT2D eigenvalue weighted by Crippen LogP contribution is 2.23. The van der Waals surface area contributed by atoms with Gasteiger partial charge in [-0.2, -0.15) is 0 Å². The van der Waals surface area contributed by atoms with E-state index in [9.17, 15) is 4.39 Å². The molecule has 108 valence electrons. The summed E-state index contributed by atoms with van der Waals surface area (Å²) in [5.41, 5.74) is 1.41. The van der Waals surface area contributed by atoms with E-state index in [2.05, 4.69) is 5.32 Å². The fourth-order valence-electron chi connectivity index (χ4n) is 1.78. The lowest BCUT2D eigenvalue weighted by Crippen LogP contribution is -2.26. The van der Waals surface area contributed by atoms with Gasteiger partial charge >= 0.3 is 0 Å². The summed E-state index contributed by atoms with van der Waals surface area (Å²) in [5, 5.41) is 3.23. The van der Waals surface area contributed by atoms with Crippen LogP contribution in [-0.2, 0) is 4.74 Å². The van der Waals surface area contributed by atoms with E-state index in [0.29, 0.717) is 18.9 Å². The average Bonchev–Trinajstić information content (AvgIpc) is 2.35. The van der Waals surface area contributed by atoms with E-state index in [4.69, 9.17) is 4.74 Å². The molecule has 0 radical (unpaired) electrons. The first kappa shape index (κ1) is 15.8. The molecule has 0 saturated heterocycles. The number of rotatable bonds is 7. The molecule has 0 heterocycles. The molecular formula is C15H25FN2O. The van der Waals surface area contributed by atoms with Crippen LogP contribution < -0.4 is 10.2 Å². The van der Waals surface area contributed by atoms with Gasteiger partial charge in [0.1, 0.15) is 5.82 Å². The standard InChI is InChI=1S/C15H25FN2O/c1-6-19-10-12(4)17-13-7-8-15(14(16)9-13)18(5)11(2)3/h7-9,11-12,17H,6,10H2,1-5H3. The monoisotopic (exact) mass is 268 g/mol. The van der Waals surface area contributed by atoms with Crippen molar-refractivity contribution in [1.29, 1.82) is 0 Å². The molecule has 0 aliphatic rings. The van der Waals surface area contributed by atoms with Gasteiger partial charge in [0.15, 0.2) is 0 Å². The number of anilines is 2. The fourth-order valence-corrected chi connectivity index (χ4v) is 1.78. The van der Waals surface area contributed by atoms with E-state index in [0.717, 1.165) is 5.69 Å². The highest BCUT2D eigenvalue weighted by Gasteiger charge is 2.11. The smallest absolute Gasteiger partial charge is 0.148 e. The maximum Gasteiger partial charge on any atom is 0.148 e. The van der Waals surface area contributed by atoms with Crippen LogP contribution in [0.15, 0.2) is 18.2 Å². The lowest BCUT2D eigenvalue weighted by molar-refractivity contribution is 0.141. The van der Waals surface area contributed by atoms with Gasteiger partial charge in [0.2, 0.25) is 0 Å². The molecule has 3 nitrogen and oxygen atoms in total. The Hall–Kier alpha value is -1.29. The van der Waals surface area contributed by atoms with Crippen molar-refractivity contribution in [1.82, 2.24) is 0 Å². The number of nitrogens with one attached hydrogen (secondary N) is 1. The van der Waals surface area contributed by atoms with Crippen LogP contribution in [0.5, 0.6) is 0 Å². The molecule has 19 heavy (non-hydrogen) atoms. The molecule has 0 aliphatic carbocycles. The van der Waals surface area contributed by atoms with Crippen LogP contribution in [0.1, 0.15) is 27.7 Å². The molecule has 1 atom stereocenters. The zero-order valence-electron chi connectivity index (χ0n) is 12.5. The number of halogens is 1. The summed E-state index contributed by atoms with van der Waals surface area (Å²) in [6.07, 6.45) is 0. The molecule has 1 aromatic rings. The highest BCUT2D eigenvalue weighted by atomic mass is 19.1. The molecule has 1 aromatic carbocycles. The Morgan fingerprint density at radius 1 is 1.32 bits per heavy atom. The van der Waals surface area contributed by atoms with Crippen LogP contribution in [0.4, 0.5) is 15.8 Å². The normalized spacial score (nSPS) is 12.6. The minimum atomic E-state index is -0.204. The van der Waals surface area contributed by atoms with Crippen LogP contribution in [0.2, 0.25) is 0 Å². The Balaban J connectivity index is 2.71. The first-order valence-corrected chi connectivity index (χ1v) is 6.82. The SMILES string of the molecule is CCOCC(C)Nc1ccc(N(C)C(C)C)c(F)c1. The lowest BCUT2D eigenvalue weighted by atomic mass is 10.2. The fraction of sp³-hybridized carbons (Fsp3) is 0.600. The third-order valence-electron chi connectivity index (χ3n) is 3.09. The maximum absolute atomic E-state index is 14.1. The topological polar surface area (TPSA) is 24.5 Å². The molecule has 1 unspecified atom stereocenters. The predicted octanol–water partition coefficient (Wildman–Crippen LogP) is 3.51. The minimum absolute atomic E-state index is 0.160. The largest absolute Gasteiger partial charge is 0.380 e. The molecule has 0 aromatic heterocycles. The van der Waals surface area contributed by atoms with Crippen molar-refractivity contribution < 1.29 is 9.13 Å². The molecule has 0 amide bonds. The van der Waals surface area contributed by atoms with Gasteiger partial charge < -0.3 is 15.0 Å². The Kier molecular flexibility index (Phi) is 6.09. The number of nitrogens with zero attached hydrogens (tertiary/aromatic N) is 1. The second kappa shape index (κ2) is 7.34. The van der Waals surface area contributed by atoms with Crippen LogP contribution >= 0.6 is 0 Å². The van der Waals surface area contributed by atoms with E-state index in [-0.39, 0.29) is 17.9 Å². The molecule has 0 bridgehead atoms. The number of hydrogen-bond donors (Lipinski definition) is 1. The summed E-state index contributed by atoms with van der Waals surface area (Å²) in [5.74, 6) is -0.204. The average molecular weight is 268 g/mol. The molecule has 0 aliphatic heterocycles. The van der Waals surface area contributed by atoms with Gasteiger partial charge in [-0.25, -0.2) is 4.39 Å². The number of hydrogen-bond acceptors (Lipinski definition) is 3.